The number of quaternary nitrogens is 2. The molecule has 24 heavy (non-hydrogen) atoms. The second-order valence-electron chi connectivity index (χ2n) is 6.92. The fourth-order valence-electron chi connectivity index (χ4n) is 3.49. The number of aromatic amines is 1. The summed E-state index contributed by atoms with van der Waals surface area (Å²) in [6, 6.07) is 3.96. The third kappa shape index (κ3) is 4.03. The number of rotatable bonds is 4. The van der Waals surface area contributed by atoms with Crippen LogP contribution in [0.25, 0.3) is 0 Å². The molecule has 0 spiro atoms. The minimum Gasteiger partial charge on any atom is -0.391 e. The van der Waals surface area contributed by atoms with E-state index in [0.29, 0.717) is 0 Å². The highest BCUT2D eigenvalue weighted by molar-refractivity contribution is 5.93. The average Bonchev–Trinajstić information content (AvgIpc) is 2.63. The maximum atomic E-state index is 12.6. The number of aliphatic hydroxyl groups excluding tert-OH is 1. The Hall–Kier alpha value is -1.70. The zero-order valence-corrected chi connectivity index (χ0v) is 14.6. The van der Waals surface area contributed by atoms with Crippen molar-refractivity contribution < 1.29 is 24.7 Å². The van der Waals surface area contributed by atoms with Crippen molar-refractivity contribution in [1.82, 2.24) is 4.90 Å². The van der Waals surface area contributed by atoms with Crippen molar-refractivity contribution in [2.45, 2.75) is 0 Å². The smallest absolute Gasteiger partial charge is 0.274 e. The largest absolute Gasteiger partial charge is 0.391 e. The predicted octanol–water partition coefficient (Wildman–Crippen LogP) is -3.83. The quantitative estimate of drug-likeness (QED) is 0.528. The molecule has 2 aliphatic heterocycles. The van der Waals surface area contributed by atoms with Crippen LogP contribution in [-0.4, -0.2) is 88.5 Å². The summed E-state index contributed by atoms with van der Waals surface area (Å²) in [6.07, 6.45) is 1.84. The standard InChI is InChI=1S/C17H27N5O2/c1-19-4-8-22(9-5-19)17(24)15-2-3-16(18-14-15)21-10-6-20(7-11-21)12-13-23/h2-3,14,23H,4-13H2,1H3/p+3. The number of carbonyl (C=O) groups excluding carboxylic acids is 1. The molecule has 3 rings (SSSR count). The van der Waals surface area contributed by atoms with Gasteiger partial charge in [0.15, 0.2) is 0 Å². The molecule has 0 aromatic carbocycles. The van der Waals surface area contributed by atoms with Crippen LogP contribution in [0.2, 0.25) is 0 Å². The maximum Gasteiger partial charge on any atom is 0.274 e. The molecular formula is C17H30N5O2+3. The highest BCUT2D eigenvalue weighted by Gasteiger charge is 2.27. The van der Waals surface area contributed by atoms with Gasteiger partial charge in [0.05, 0.1) is 45.4 Å². The number of likely N-dealkylation sites (N-methyl/N-ethyl adjacent to an activating group) is 1. The molecule has 1 aromatic rings. The van der Waals surface area contributed by atoms with Crippen LogP contribution in [0.3, 0.4) is 0 Å². The monoisotopic (exact) mass is 336 g/mol. The summed E-state index contributed by atoms with van der Waals surface area (Å²) in [5.41, 5.74) is 0.739. The molecule has 7 nitrogen and oxygen atoms in total. The summed E-state index contributed by atoms with van der Waals surface area (Å²) >= 11 is 0. The summed E-state index contributed by atoms with van der Waals surface area (Å²) in [5.74, 6) is 1.19. The molecule has 132 valence electrons. The molecular weight excluding hydrogens is 306 g/mol. The number of nitrogens with zero attached hydrogens (tertiary/aromatic N) is 2. The Morgan fingerprint density at radius 3 is 2.46 bits per heavy atom. The fourth-order valence-corrected chi connectivity index (χ4v) is 3.49. The van der Waals surface area contributed by atoms with Crippen LogP contribution in [0.15, 0.2) is 18.3 Å². The van der Waals surface area contributed by atoms with Crippen molar-refractivity contribution in [2.75, 3.05) is 77.5 Å². The highest BCUT2D eigenvalue weighted by atomic mass is 16.3. The maximum absolute atomic E-state index is 12.6. The van der Waals surface area contributed by atoms with Gasteiger partial charge in [-0.15, -0.1) is 0 Å². The SMILES string of the molecule is C[NH+]1CCN(C(=O)c2ccc(N3CC[NH+](CCO)CC3)[nH+]c2)CC1. The van der Waals surface area contributed by atoms with E-state index in [1.807, 2.05) is 23.2 Å². The van der Waals surface area contributed by atoms with E-state index in [9.17, 15) is 4.79 Å². The van der Waals surface area contributed by atoms with Gasteiger partial charge in [0, 0.05) is 6.07 Å². The first-order chi connectivity index (χ1) is 11.7. The summed E-state index contributed by atoms with van der Waals surface area (Å²) in [4.78, 5) is 23.1. The zero-order valence-electron chi connectivity index (χ0n) is 14.6. The molecule has 0 bridgehead atoms. The molecule has 2 fully saturated rings. The number of anilines is 1. The van der Waals surface area contributed by atoms with Crippen molar-refractivity contribution in [3.63, 3.8) is 0 Å². The number of hydrogen-bond donors (Lipinski definition) is 3. The number of pyridine rings is 1. The summed E-state index contributed by atoms with van der Waals surface area (Å²) < 4.78 is 0. The van der Waals surface area contributed by atoms with Crippen molar-refractivity contribution in [1.29, 1.82) is 0 Å². The molecule has 1 aromatic heterocycles. The molecule has 0 radical (unpaired) electrons. The summed E-state index contributed by atoms with van der Waals surface area (Å²) in [5, 5.41) is 9.03. The molecule has 7 heteroatoms. The topological polar surface area (TPSA) is 66.8 Å². The van der Waals surface area contributed by atoms with E-state index in [4.69, 9.17) is 5.11 Å². The molecule has 4 N–H and O–H groups in total. The predicted molar refractivity (Wildman–Crippen MR) is 90.4 cm³/mol. The molecule has 2 saturated heterocycles. The van der Waals surface area contributed by atoms with Crippen molar-refractivity contribution in [3.05, 3.63) is 23.9 Å². The lowest BCUT2D eigenvalue weighted by Crippen LogP contribution is -3.15. The lowest BCUT2D eigenvalue weighted by molar-refractivity contribution is -0.901. The lowest BCUT2D eigenvalue weighted by Gasteiger charge is -2.30. The first kappa shape index (κ1) is 17.1. The van der Waals surface area contributed by atoms with E-state index in [-0.39, 0.29) is 12.5 Å². The molecule has 0 aliphatic carbocycles. The van der Waals surface area contributed by atoms with Crippen molar-refractivity contribution in [3.8, 4) is 0 Å². The van der Waals surface area contributed by atoms with Gasteiger partial charge in [0.1, 0.15) is 38.9 Å². The molecule has 0 atom stereocenters. The Morgan fingerprint density at radius 2 is 1.88 bits per heavy atom. The second kappa shape index (κ2) is 7.92. The Kier molecular flexibility index (Phi) is 5.65. The highest BCUT2D eigenvalue weighted by Crippen LogP contribution is 2.09. The molecule has 1 amide bonds. The summed E-state index contributed by atoms with van der Waals surface area (Å²) in [6.45, 7) is 8.83. The summed E-state index contributed by atoms with van der Waals surface area (Å²) in [7, 11) is 2.17. The van der Waals surface area contributed by atoms with Crippen LogP contribution in [0.5, 0.6) is 0 Å². The van der Waals surface area contributed by atoms with Crippen molar-refractivity contribution in [2.24, 2.45) is 0 Å². The van der Waals surface area contributed by atoms with E-state index in [2.05, 4.69) is 16.9 Å². The second-order valence-corrected chi connectivity index (χ2v) is 6.92. The Labute approximate surface area is 143 Å². The van der Waals surface area contributed by atoms with E-state index in [0.717, 1.165) is 70.3 Å². The van der Waals surface area contributed by atoms with Crippen LogP contribution in [0.1, 0.15) is 10.4 Å². The first-order valence-corrected chi connectivity index (χ1v) is 8.99. The number of H-pyrrole nitrogens is 1. The minimum absolute atomic E-state index is 0.127. The number of aromatic nitrogens is 1. The van der Waals surface area contributed by atoms with Gasteiger partial charge in [-0.05, 0) is 6.07 Å². The third-order valence-corrected chi connectivity index (χ3v) is 5.22. The normalized spacial score (nSPS) is 20.4. The first-order valence-electron chi connectivity index (χ1n) is 8.99. The number of hydrogen-bond acceptors (Lipinski definition) is 3. The number of piperazine rings is 2. The minimum atomic E-state index is 0.127. The Bertz CT molecular complexity index is 534. The van der Waals surface area contributed by atoms with E-state index < -0.39 is 0 Å². The van der Waals surface area contributed by atoms with Crippen LogP contribution in [0.4, 0.5) is 5.82 Å². The van der Waals surface area contributed by atoms with Gasteiger partial charge >= 0.3 is 0 Å². The number of nitrogens with one attached hydrogen (secondary N) is 3. The number of amides is 1. The average molecular weight is 336 g/mol. The van der Waals surface area contributed by atoms with Gasteiger partial charge in [0.25, 0.3) is 11.7 Å². The van der Waals surface area contributed by atoms with Gasteiger partial charge in [-0.25, -0.2) is 4.98 Å². The number of aliphatic hydroxyl groups is 1. The van der Waals surface area contributed by atoms with Crippen LogP contribution < -0.4 is 19.7 Å². The van der Waals surface area contributed by atoms with E-state index >= 15 is 0 Å². The van der Waals surface area contributed by atoms with Gasteiger partial charge in [-0.1, -0.05) is 0 Å². The van der Waals surface area contributed by atoms with E-state index in [1.54, 1.807) is 0 Å². The number of carbonyl (C=O) groups is 1. The van der Waals surface area contributed by atoms with Crippen molar-refractivity contribution >= 4 is 11.7 Å². The Morgan fingerprint density at radius 1 is 1.17 bits per heavy atom. The van der Waals surface area contributed by atoms with E-state index in [1.165, 1.54) is 9.80 Å². The molecule has 0 saturated carbocycles. The van der Waals surface area contributed by atoms with Crippen LogP contribution >= 0.6 is 0 Å². The van der Waals surface area contributed by atoms with Gasteiger partial charge in [0.2, 0.25) is 0 Å². The fraction of sp³-hybridized carbons (Fsp3) is 0.647. The third-order valence-electron chi connectivity index (χ3n) is 5.22. The molecule has 3 heterocycles. The van der Waals surface area contributed by atoms with Crippen LogP contribution in [-0.2, 0) is 0 Å². The lowest BCUT2D eigenvalue weighted by atomic mass is 10.2. The molecule has 2 aliphatic rings. The zero-order chi connectivity index (χ0) is 16.9. The molecule has 0 unspecified atom stereocenters. The van der Waals surface area contributed by atoms with Gasteiger partial charge in [-0.3, -0.25) is 9.69 Å². The van der Waals surface area contributed by atoms with Crippen LogP contribution in [0, 0.1) is 0 Å². The van der Waals surface area contributed by atoms with Gasteiger partial charge in [-0.2, -0.15) is 0 Å². The Balaban J connectivity index is 1.56. The van der Waals surface area contributed by atoms with Gasteiger partial charge < -0.3 is 19.8 Å².